The van der Waals surface area contributed by atoms with Gasteiger partial charge in [-0.2, -0.15) is 0 Å². The minimum absolute atomic E-state index is 0.229. The average Bonchev–Trinajstić information content (AvgIpc) is 2.79. The molecule has 0 radical (unpaired) electrons. The summed E-state index contributed by atoms with van der Waals surface area (Å²) in [6.07, 6.45) is 0. The van der Waals surface area contributed by atoms with Crippen LogP contribution >= 0.6 is 0 Å². The molecule has 2 atom stereocenters. The predicted molar refractivity (Wildman–Crippen MR) is 74.2 cm³/mol. The standard InChI is InChI=1S/C16H25N/c1-15(2,3)12-8-6-7-11(9-12)14-13(10-17)16(14,4)5/h6-9,13-14H,10,17H2,1-5H3/t13-,14-/m0/s1. The molecule has 0 amide bonds. The first-order chi connectivity index (χ1) is 7.78. The molecule has 1 aliphatic carbocycles. The predicted octanol–water partition coefficient (Wildman–Crippen LogP) is 3.68. The number of hydrogen-bond donors (Lipinski definition) is 1. The summed E-state index contributed by atoms with van der Waals surface area (Å²) < 4.78 is 0. The lowest BCUT2D eigenvalue weighted by atomic mass is 9.85. The van der Waals surface area contributed by atoms with Gasteiger partial charge in [0.15, 0.2) is 0 Å². The topological polar surface area (TPSA) is 26.0 Å². The van der Waals surface area contributed by atoms with Crippen LogP contribution in [0.15, 0.2) is 24.3 Å². The SMILES string of the molecule is CC(C)(C)c1cccc([C@H]2[C@H](CN)C2(C)C)c1. The van der Waals surface area contributed by atoms with E-state index in [2.05, 4.69) is 58.9 Å². The molecule has 94 valence electrons. The molecule has 2 rings (SSSR count). The summed E-state index contributed by atoms with van der Waals surface area (Å²) in [6.45, 7) is 12.3. The van der Waals surface area contributed by atoms with Gasteiger partial charge in [0.25, 0.3) is 0 Å². The van der Waals surface area contributed by atoms with Crippen LogP contribution in [0.3, 0.4) is 0 Å². The van der Waals surface area contributed by atoms with E-state index in [1.807, 2.05) is 0 Å². The summed E-state index contributed by atoms with van der Waals surface area (Å²) in [5.74, 6) is 1.30. The van der Waals surface area contributed by atoms with Crippen molar-refractivity contribution < 1.29 is 0 Å². The van der Waals surface area contributed by atoms with E-state index in [1.54, 1.807) is 0 Å². The van der Waals surface area contributed by atoms with E-state index in [4.69, 9.17) is 5.73 Å². The highest BCUT2D eigenvalue weighted by atomic mass is 14.7. The summed E-state index contributed by atoms with van der Waals surface area (Å²) >= 11 is 0. The molecule has 2 N–H and O–H groups in total. The second kappa shape index (κ2) is 3.84. The van der Waals surface area contributed by atoms with Gasteiger partial charge in [-0.3, -0.25) is 0 Å². The summed E-state index contributed by atoms with van der Waals surface area (Å²) in [5, 5.41) is 0. The van der Waals surface area contributed by atoms with Gasteiger partial charge in [-0.05, 0) is 40.3 Å². The highest BCUT2D eigenvalue weighted by Crippen LogP contribution is 2.63. The largest absolute Gasteiger partial charge is 0.330 e. The van der Waals surface area contributed by atoms with Crippen LogP contribution in [0.5, 0.6) is 0 Å². The third-order valence-corrected chi connectivity index (χ3v) is 4.42. The van der Waals surface area contributed by atoms with Crippen molar-refractivity contribution in [2.24, 2.45) is 17.1 Å². The second-order valence-electron chi connectivity index (χ2n) is 7.02. The van der Waals surface area contributed by atoms with Crippen LogP contribution in [-0.4, -0.2) is 6.54 Å². The van der Waals surface area contributed by atoms with E-state index in [-0.39, 0.29) is 5.41 Å². The number of hydrogen-bond acceptors (Lipinski definition) is 1. The van der Waals surface area contributed by atoms with Gasteiger partial charge in [0, 0.05) is 0 Å². The molecule has 0 bridgehead atoms. The summed E-state index contributed by atoms with van der Waals surface area (Å²) in [7, 11) is 0. The summed E-state index contributed by atoms with van der Waals surface area (Å²) in [5.41, 5.74) is 9.37. The molecule has 1 aliphatic rings. The van der Waals surface area contributed by atoms with Crippen molar-refractivity contribution in [2.75, 3.05) is 6.54 Å². The highest BCUT2D eigenvalue weighted by Gasteiger charge is 2.57. The third-order valence-electron chi connectivity index (χ3n) is 4.42. The molecule has 0 spiro atoms. The minimum Gasteiger partial charge on any atom is -0.330 e. The molecule has 0 aromatic heterocycles. The van der Waals surface area contributed by atoms with E-state index >= 15 is 0 Å². The highest BCUT2D eigenvalue weighted by molar-refractivity contribution is 5.37. The molecular weight excluding hydrogens is 206 g/mol. The van der Waals surface area contributed by atoms with E-state index in [1.165, 1.54) is 11.1 Å². The summed E-state index contributed by atoms with van der Waals surface area (Å²) in [4.78, 5) is 0. The molecule has 0 heterocycles. The fraction of sp³-hybridized carbons (Fsp3) is 0.625. The van der Waals surface area contributed by atoms with Crippen molar-refractivity contribution in [3.8, 4) is 0 Å². The van der Waals surface area contributed by atoms with E-state index in [0.29, 0.717) is 17.3 Å². The maximum absolute atomic E-state index is 5.86. The number of benzene rings is 1. The zero-order chi connectivity index (χ0) is 12.8. The van der Waals surface area contributed by atoms with Crippen LogP contribution in [0.1, 0.15) is 51.7 Å². The zero-order valence-corrected chi connectivity index (χ0v) is 11.7. The van der Waals surface area contributed by atoms with E-state index in [0.717, 1.165) is 6.54 Å². The van der Waals surface area contributed by atoms with E-state index in [9.17, 15) is 0 Å². The van der Waals surface area contributed by atoms with Gasteiger partial charge in [-0.15, -0.1) is 0 Å². The number of nitrogens with two attached hydrogens (primary N) is 1. The van der Waals surface area contributed by atoms with Gasteiger partial charge in [-0.25, -0.2) is 0 Å². The van der Waals surface area contributed by atoms with Crippen molar-refractivity contribution in [2.45, 2.75) is 46.0 Å². The molecule has 1 fully saturated rings. The Balaban J connectivity index is 2.30. The van der Waals surface area contributed by atoms with Gasteiger partial charge < -0.3 is 5.73 Å². The molecule has 0 unspecified atom stereocenters. The maximum Gasteiger partial charge on any atom is -0.00375 e. The molecule has 1 saturated carbocycles. The molecule has 0 saturated heterocycles. The average molecular weight is 231 g/mol. The van der Waals surface area contributed by atoms with Crippen molar-refractivity contribution in [3.05, 3.63) is 35.4 Å². The van der Waals surface area contributed by atoms with Crippen molar-refractivity contribution in [1.29, 1.82) is 0 Å². The van der Waals surface area contributed by atoms with Crippen molar-refractivity contribution >= 4 is 0 Å². The fourth-order valence-electron chi connectivity index (χ4n) is 3.04. The lowest BCUT2D eigenvalue weighted by Gasteiger charge is -2.20. The van der Waals surface area contributed by atoms with Gasteiger partial charge in [0.2, 0.25) is 0 Å². The van der Waals surface area contributed by atoms with Crippen LogP contribution in [0.4, 0.5) is 0 Å². The Morgan fingerprint density at radius 1 is 1.24 bits per heavy atom. The Bertz CT molecular complexity index is 412. The van der Waals surface area contributed by atoms with Gasteiger partial charge in [0.05, 0.1) is 0 Å². The quantitative estimate of drug-likeness (QED) is 0.825. The lowest BCUT2D eigenvalue weighted by molar-refractivity contribution is 0.557. The zero-order valence-electron chi connectivity index (χ0n) is 11.7. The van der Waals surface area contributed by atoms with Crippen LogP contribution in [0.2, 0.25) is 0 Å². The lowest BCUT2D eigenvalue weighted by Crippen LogP contribution is -2.11. The summed E-state index contributed by atoms with van der Waals surface area (Å²) in [6, 6.07) is 9.06. The Labute approximate surface area is 105 Å². The third kappa shape index (κ3) is 2.13. The molecule has 1 aromatic carbocycles. The van der Waals surface area contributed by atoms with Crippen molar-refractivity contribution in [3.63, 3.8) is 0 Å². The van der Waals surface area contributed by atoms with Crippen LogP contribution in [0, 0.1) is 11.3 Å². The van der Waals surface area contributed by atoms with Gasteiger partial charge in [-0.1, -0.05) is 58.9 Å². The molecule has 1 aromatic rings. The monoisotopic (exact) mass is 231 g/mol. The molecule has 0 aliphatic heterocycles. The van der Waals surface area contributed by atoms with Crippen LogP contribution in [-0.2, 0) is 5.41 Å². The number of rotatable bonds is 2. The molecule has 1 heteroatoms. The van der Waals surface area contributed by atoms with Gasteiger partial charge in [0.1, 0.15) is 0 Å². The fourth-order valence-corrected chi connectivity index (χ4v) is 3.04. The van der Waals surface area contributed by atoms with Crippen LogP contribution < -0.4 is 5.73 Å². The molecular formula is C16H25N. The van der Waals surface area contributed by atoms with Crippen molar-refractivity contribution in [1.82, 2.24) is 0 Å². The first-order valence-corrected chi connectivity index (χ1v) is 6.59. The Morgan fingerprint density at radius 3 is 2.35 bits per heavy atom. The first kappa shape index (κ1) is 12.6. The first-order valence-electron chi connectivity index (χ1n) is 6.59. The normalized spacial score (nSPS) is 26.9. The molecule has 17 heavy (non-hydrogen) atoms. The van der Waals surface area contributed by atoms with Crippen LogP contribution in [0.25, 0.3) is 0 Å². The minimum atomic E-state index is 0.229. The Hall–Kier alpha value is -0.820. The smallest absolute Gasteiger partial charge is 0.00375 e. The van der Waals surface area contributed by atoms with E-state index < -0.39 is 0 Å². The maximum atomic E-state index is 5.86. The Morgan fingerprint density at radius 2 is 1.88 bits per heavy atom. The van der Waals surface area contributed by atoms with Gasteiger partial charge >= 0.3 is 0 Å². The Kier molecular flexibility index (Phi) is 2.86. The second-order valence-corrected chi connectivity index (χ2v) is 7.02. The molecule has 1 nitrogen and oxygen atoms in total.